The van der Waals surface area contributed by atoms with Crippen molar-refractivity contribution in [3.63, 3.8) is 0 Å². The van der Waals surface area contributed by atoms with Crippen molar-refractivity contribution in [1.29, 1.82) is 0 Å². The number of amides is 3. The lowest BCUT2D eigenvalue weighted by Gasteiger charge is -2.24. The van der Waals surface area contributed by atoms with Crippen LogP contribution >= 0.6 is 0 Å². The van der Waals surface area contributed by atoms with Crippen molar-refractivity contribution in [3.05, 3.63) is 150 Å². The fourth-order valence-electron chi connectivity index (χ4n) is 6.44. The first kappa shape index (κ1) is 67.4. The number of aromatic nitrogens is 3. The van der Waals surface area contributed by atoms with Crippen LogP contribution in [0.5, 0.6) is 0 Å². The lowest BCUT2D eigenvalue weighted by atomic mass is 10.1. The Kier molecular flexibility index (Phi) is 28.6. The van der Waals surface area contributed by atoms with Crippen molar-refractivity contribution in [2.45, 2.75) is 138 Å². The molecule has 0 aliphatic heterocycles. The number of pyridine rings is 3. The molecule has 0 bridgehead atoms. The van der Waals surface area contributed by atoms with Crippen LogP contribution in [0.15, 0.2) is 122 Å². The van der Waals surface area contributed by atoms with Gasteiger partial charge in [0, 0.05) is 64.9 Å². The highest BCUT2D eigenvalue weighted by Gasteiger charge is 2.25. The molecule has 0 saturated heterocycles. The van der Waals surface area contributed by atoms with Crippen LogP contribution in [0.1, 0.15) is 136 Å². The first-order chi connectivity index (χ1) is 37.1. The molecule has 3 aromatic heterocycles. The van der Waals surface area contributed by atoms with Crippen molar-refractivity contribution in [2.75, 3.05) is 49.1 Å². The van der Waals surface area contributed by atoms with E-state index in [0.29, 0.717) is 49.3 Å². The molecule has 0 aliphatic rings. The van der Waals surface area contributed by atoms with E-state index in [1.807, 2.05) is 133 Å². The maximum atomic E-state index is 12.2. The van der Waals surface area contributed by atoms with Crippen molar-refractivity contribution in [1.82, 2.24) is 20.3 Å². The fourth-order valence-corrected chi connectivity index (χ4v) is 6.44. The van der Waals surface area contributed by atoms with Gasteiger partial charge < -0.3 is 40.5 Å². The van der Waals surface area contributed by atoms with E-state index in [9.17, 15) is 24.0 Å². The van der Waals surface area contributed by atoms with Gasteiger partial charge in [0.1, 0.15) is 34.3 Å². The molecule has 430 valence electrons. The van der Waals surface area contributed by atoms with E-state index in [1.165, 1.54) is 20.3 Å². The zero-order chi connectivity index (χ0) is 59.3. The van der Waals surface area contributed by atoms with Gasteiger partial charge in [0.15, 0.2) is 0 Å². The van der Waals surface area contributed by atoms with Crippen LogP contribution in [0.4, 0.5) is 31.8 Å². The van der Waals surface area contributed by atoms with Gasteiger partial charge in [-0.3, -0.25) is 24.3 Å². The molecular weight excluding hydrogens is 1010 g/mol. The molecule has 5 aromatic rings. The highest BCUT2D eigenvalue weighted by Crippen LogP contribution is 2.23. The average Bonchev–Trinajstić information content (AvgIpc) is 3.40. The SMILES string of the molecule is C/C=C/c1ccc(N(C)C(=O)OC(C)(C)C)nc1.CCOC(=O)CC(N)c1ccc(N(C)C(=O)OC(C)(C)C)nc1.CCOC(=O)CC(NCc1ccccc1)c1ccc(N(C)C(=O)OC(C)(C)C)nc1.NCc1ccccc1. The number of rotatable bonds is 16. The molecule has 0 aliphatic carbocycles. The summed E-state index contributed by atoms with van der Waals surface area (Å²) < 4.78 is 25.9. The molecule has 2 unspecified atom stereocenters. The Morgan fingerprint density at radius 2 is 0.949 bits per heavy atom. The van der Waals surface area contributed by atoms with Crippen LogP contribution in [0, 0.1) is 0 Å². The number of nitrogens with two attached hydrogens (primary N) is 2. The third-order valence-corrected chi connectivity index (χ3v) is 10.4. The van der Waals surface area contributed by atoms with Gasteiger partial charge in [-0.05, 0) is 135 Å². The van der Waals surface area contributed by atoms with E-state index >= 15 is 0 Å². The summed E-state index contributed by atoms with van der Waals surface area (Å²) in [5.74, 6) is 0.836. The molecule has 79 heavy (non-hydrogen) atoms. The Hall–Kier alpha value is -7.74. The number of benzene rings is 2. The summed E-state index contributed by atoms with van der Waals surface area (Å²) in [5, 5.41) is 3.40. The summed E-state index contributed by atoms with van der Waals surface area (Å²) in [5.41, 5.74) is 14.5. The lowest BCUT2D eigenvalue weighted by molar-refractivity contribution is -0.144. The van der Waals surface area contributed by atoms with E-state index in [4.69, 9.17) is 35.2 Å². The number of anilines is 3. The molecule has 19 nitrogen and oxygen atoms in total. The molecule has 5 rings (SSSR count). The third kappa shape index (κ3) is 27.4. The fraction of sp³-hybridized carbons (Fsp3) is 0.433. The number of nitrogens with zero attached hydrogens (tertiary/aromatic N) is 6. The summed E-state index contributed by atoms with van der Waals surface area (Å²) >= 11 is 0. The first-order valence-corrected chi connectivity index (χ1v) is 26.1. The summed E-state index contributed by atoms with van der Waals surface area (Å²) in [7, 11) is 4.83. The zero-order valence-electron chi connectivity index (χ0n) is 48.9. The van der Waals surface area contributed by atoms with Gasteiger partial charge in [-0.1, -0.05) is 84.9 Å². The first-order valence-electron chi connectivity index (χ1n) is 26.1. The van der Waals surface area contributed by atoms with Gasteiger partial charge in [0.25, 0.3) is 0 Å². The Bertz CT molecular complexity index is 2620. The van der Waals surface area contributed by atoms with Gasteiger partial charge in [-0.15, -0.1) is 0 Å². The summed E-state index contributed by atoms with van der Waals surface area (Å²) in [6, 6.07) is 29.8. The maximum Gasteiger partial charge on any atom is 0.415 e. The molecule has 3 heterocycles. The molecule has 19 heteroatoms. The lowest BCUT2D eigenvalue weighted by Crippen LogP contribution is -2.34. The second-order valence-electron chi connectivity index (χ2n) is 20.7. The van der Waals surface area contributed by atoms with Crippen molar-refractivity contribution in [3.8, 4) is 0 Å². The normalized spacial score (nSPS) is 11.8. The molecular formula is C60H85N9O10. The average molecular weight is 1090 g/mol. The molecule has 0 radical (unpaired) electrons. The quantitative estimate of drug-likeness (QED) is 0.0614. The third-order valence-electron chi connectivity index (χ3n) is 10.4. The molecule has 0 spiro atoms. The van der Waals surface area contributed by atoms with Gasteiger partial charge in [0.05, 0.1) is 26.1 Å². The monoisotopic (exact) mass is 1090 g/mol. The van der Waals surface area contributed by atoms with Crippen molar-refractivity contribution >= 4 is 53.7 Å². The Labute approximate surface area is 468 Å². The highest BCUT2D eigenvalue weighted by atomic mass is 16.6. The molecule has 0 saturated carbocycles. The largest absolute Gasteiger partial charge is 0.466 e. The Balaban J connectivity index is 0.000000387. The van der Waals surface area contributed by atoms with Gasteiger partial charge >= 0.3 is 30.2 Å². The number of hydrogen-bond donors (Lipinski definition) is 3. The van der Waals surface area contributed by atoms with Crippen LogP contribution in [0.2, 0.25) is 0 Å². The molecule has 3 amide bonds. The summed E-state index contributed by atoms with van der Waals surface area (Å²) in [6.07, 6.45) is 7.70. The van der Waals surface area contributed by atoms with Gasteiger partial charge in [-0.2, -0.15) is 0 Å². The number of hydrogen-bond acceptors (Lipinski definition) is 16. The summed E-state index contributed by atoms with van der Waals surface area (Å²) in [6.45, 7) is 23.7. The van der Waals surface area contributed by atoms with Crippen LogP contribution < -0.4 is 31.5 Å². The number of carbonyl (C=O) groups excluding carboxylic acids is 5. The minimum atomic E-state index is -0.586. The molecule has 0 fully saturated rings. The molecule has 5 N–H and O–H groups in total. The standard InChI is InChI=1S/C23H31N3O4.C16H25N3O4.C14H20N2O2.C7H9N/c1-6-29-21(27)14-19(24-15-17-10-8-7-9-11-17)18-12-13-20(25-16-18)26(5)22(28)30-23(2,3)4;1-6-22-14(20)9-12(17)11-7-8-13(18-10-11)19(5)15(21)23-16(2,3)4;1-6-7-11-8-9-12(15-10-11)16(5)13(17)18-14(2,3)4;8-6-7-4-2-1-3-5-7/h7-13,16,19,24H,6,14-15H2,1-5H3;7-8,10,12H,6,9,17H2,1-5H3;6-10H,1-5H3;1-5H,6,8H2/b;;7-6+;. The van der Waals surface area contributed by atoms with Gasteiger partial charge in [-0.25, -0.2) is 29.3 Å². The highest BCUT2D eigenvalue weighted by molar-refractivity contribution is 5.87. The maximum absolute atomic E-state index is 12.2. The molecule has 2 atom stereocenters. The second-order valence-corrected chi connectivity index (χ2v) is 20.7. The van der Waals surface area contributed by atoms with Crippen LogP contribution in [-0.4, -0.2) is 96.3 Å². The number of nitrogens with one attached hydrogen (secondary N) is 1. The number of allylic oxidation sites excluding steroid dienone is 1. The topological polar surface area (TPSA) is 244 Å². The minimum Gasteiger partial charge on any atom is -0.466 e. The van der Waals surface area contributed by atoms with Crippen LogP contribution in [0.25, 0.3) is 6.08 Å². The predicted octanol–water partition coefficient (Wildman–Crippen LogP) is 11.3. The van der Waals surface area contributed by atoms with Gasteiger partial charge in [0.2, 0.25) is 0 Å². The molecule has 2 aromatic carbocycles. The Morgan fingerprint density at radius 1 is 0.557 bits per heavy atom. The number of carbonyl (C=O) groups is 5. The minimum absolute atomic E-state index is 0.0801. The van der Waals surface area contributed by atoms with Crippen LogP contribution in [-0.2, 0) is 46.4 Å². The van der Waals surface area contributed by atoms with E-state index in [-0.39, 0.29) is 30.8 Å². The van der Waals surface area contributed by atoms with Crippen molar-refractivity contribution < 1.29 is 47.7 Å². The van der Waals surface area contributed by atoms with Crippen molar-refractivity contribution in [2.24, 2.45) is 11.5 Å². The van der Waals surface area contributed by atoms with E-state index < -0.39 is 41.1 Å². The second kappa shape index (κ2) is 33.5. The summed E-state index contributed by atoms with van der Waals surface area (Å²) in [4.78, 5) is 76.4. The predicted molar refractivity (Wildman–Crippen MR) is 311 cm³/mol. The van der Waals surface area contributed by atoms with E-state index in [1.54, 1.807) is 98.6 Å². The number of esters is 2. The smallest absolute Gasteiger partial charge is 0.415 e. The zero-order valence-corrected chi connectivity index (χ0v) is 48.9. The Morgan fingerprint density at radius 3 is 1.29 bits per heavy atom. The van der Waals surface area contributed by atoms with E-state index in [2.05, 4.69) is 20.3 Å². The number of ether oxygens (including phenoxy) is 5. The van der Waals surface area contributed by atoms with E-state index in [0.717, 1.165) is 16.7 Å². The van der Waals surface area contributed by atoms with Crippen LogP contribution in [0.3, 0.4) is 0 Å².